The van der Waals surface area contributed by atoms with Crippen molar-refractivity contribution in [1.29, 1.82) is 0 Å². The maximum atomic E-state index is 13.5. The number of halogens is 1. The van der Waals surface area contributed by atoms with Crippen LogP contribution in [-0.4, -0.2) is 31.5 Å². The van der Waals surface area contributed by atoms with E-state index in [1.807, 2.05) is 114 Å². The zero-order valence-electron chi connectivity index (χ0n) is 22.5. The SMILES string of the molecule is O=C1/C(=C/c2cn(-c3ccccc3)nc2-c2cccc(OCc3ccc(Cl)cc3)c2)SC(=S)N1CCc1ccccc1. The van der Waals surface area contributed by atoms with Crippen LogP contribution < -0.4 is 4.74 Å². The Balaban J connectivity index is 1.29. The van der Waals surface area contributed by atoms with E-state index in [4.69, 9.17) is 33.7 Å². The van der Waals surface area contributed by atoms with Crippen molar-refractivity contribution in [1.82, 2.24) is 14.7 Å². The highest BCUT2D eigenvalue weighted by Gasteiger charge is 2.32. The summed E-state index contributed by atoms with van der Waals surface area (Å²) >= 11 is 13.0. The van der Waals surface area contributed by atoms with Gasteiger partial charge >= 0.3 is 0 Å². The number of para-hydroxylation sites is 1. The van der Waals surface area contributed by atoms with Crippen molar-refractivity contribution in [2.75, 3.05) is 6.54 Å². The summed E-state index contributed by atoms with van der Waals surface area (Å²) in [6, 6.07) is 35.4. The van der Waals surface area contributed by atoms with Crippen molar-refractivity contribution in [2.45, 2.75) is 13.0 Å². The molecule has 1 fully saturated rings. The molecule has 1 aliphatic rings. The first-order chi connectivity index (χ1) is 20.5. The highest BCUT2D eigenvalue weighted by Crippen LogP contribution is 2.35. The number of ether oxygens (including phenoxy) is 1. The number of carbonyl (C=O) groups excluding carboxylic acids is 1. The lowest BCUT2D eigenvalue weighted by Crippen LogP contribution is -2.30. The molecular formula is C34H26ClN3O2S2. The Morgan fingerprint density at radius 3 is 2.38 bits per heavy atom. The molecule has 208 valence electrons. The topological polar surface area (TPSA) is 47.4 Å². The average Bonchev–Trinajstić information content (AvgIpc) is 3.56. The molecule has 2 heterocycles. The van der Waals surface area contributed by atoms with Gasteiger partial charge in [0.05, 0.1) is 10.6 Å². The second kappa shape index (κ2) is 12.8. The first kappa shape index (κ1) is 28.0. The lowest BCUT2D eigenvalue weighted by Gasteiger charge is -2.14. The van der Waals surface area contributed by atoms with Crippen LogP contribution in [-0.2, 0) is 17.8 Å². The smallest absolute Gasteiger partial charge is 0.266 e. The zero-order valence-corrected chi connectivity index (χ0v) is 24.9. The Bertz CT molecular complexity index is 1750. The van der Waals surface area contributed by atoms with Crippen molar-refractivity contribution in [3.05, 3.63) is 142 Å². The average molecular weight is 608 g/mol. The summed E-state index contributed by atoms with van der Waals surface area (Å²) in [7, 11) is 0. The van der Waals surface area contributed by atoms with Crippen molar-refractivity contribution >= 4 is 51.9 Å². The molecule has 8 heteroatoms. The number of aromatic nitrogens is 2. The van der Waals surface area contributed by atoms with Gasteiger partial charge in [-0.05, 0) is 60.0 Å². The standard InChI is InChI=1S/C34H26ClN3O2S2/c35-28-16-14-25(15-17-28)23-40-30-13-7-10-26(20-30)32-27(22-38(36-32)29-11-5-2-6-12-29)21-31-33(39)37(34(41)42-31)19-18-24-8-3-1-4-9-24/h1-17,20-22H,18-19,23H2/b31-21-. The molecule has 0 saturated carbocycles. The lowest BCUT2D eigenvalue weighted by atomic mass is 10.1. The van der Waals surface area contributed by atoms with Gasteiger partial charge in [-0.2, -0.15) is 5.10 Å². The summed E-state index contributed by atoms with van der Waals surface area (Å²) < 4.78 is 8.49. The zero-order chi connectivity index (χ0) is 28.9. The van der Waals surface area contributed by atoms with Crippen molar-refractivity contribution in [3.63, 3.8) is 0 Å². The second-order valence-electron chi connectivity index (χ2n) is 9.73. The van der Waals surface area contributed by atoms with E-state index in [9.17, 15) is 4.79 Å². The van der Waals surface area contributed by atoms with Crippen LogP contribution in [0.5, 0.6) is 5.75 Å². The molecule has 0 N–H and O–H groups in total. The normalized spacial score (nSPS) is 14.1. The third-order valence-corrected chi connectivity index (χ3v) is 8.45. The van der Waals surface area contributed by atoms with E-state index in [1.165, 1.54) is 17.3 Å². The molecule has 0 atom stereocenters. The highest BCUT2D eigenvalue weighted by molar-refractivity contribution is 8.26. The summed E-state index contributed by atoms with van der Waals surface area (Å²) in [6.45, 7) is 0.951. The highest BCUT2D eigenvalue weighted by atomic mass is 35.5. The van der Waals surface area contributed by atoms with E-state index < -0.39 is 0 Å². The molecule has 6 rings (SSSR count). The van der Waals surface area contributed by atoms with E-state index in [0.717, 1.165) is 40.2 Å². The number of nitrogens with zero attached hydrogens (tertiary/aromatic N) is 3. The minimum absolute atomic E-state index is 0.0839. The molecule has 1 aromatic heterocycles. The van der Waals surface area contributed by atoms with Gasteiger partial charge in [0.2, 0.25) is 0 Å². The fourth-order valence-corrected chi connectivity index (χ4v) is 6.06. The minimum Gasteiger partial charge on any atom is -0.489 e. The molecule has 0 spiro atoms. The second-order valence-corrected chi connectivity index (χ2v) is 11.8. The third-order valence-electron chi connectivity index (χ3n) is 6.82. The fraction of sp³-hybridized carbons (Fsp3) is 0.0882. The largest absolute Gasteiger partial charge is 0.489 e. The maximum Gasteiger partial charge on any atom is 0.266 e. The summed E-state index contributed by atoms with van der Waals surface area (Å²) in [6.07, 6.45) is 4.58. The number of hydrogen-bond acceptors (Lipinski definition) is 5. The Labute approximate surface area is 259 Å². The molecule has 0 radical (unpaired) electrons. The molecular weight excluding hydrogens is 582 g/mol. The Kier molecular flexibility index (Phi) is 8.51. The maximum absolute atomic E-state index is 13.5. The molecule has 0 unspecified atom stereocenters. The number of rotatable bonds is 9. The van der Waals surface area contributed by atoms with Crippen molar-refractivity contribution in [3.8, 4) is 22.7 Å². The van der Waals surface area contributed by atoms with Gasteiger partial charge in [0.25, 0.3) is 5.91 Å². The van der Waals surface area contributed by atoms with Crippen LogP contribution in [0, 0.1) is 0 Å². The number of thiocarbonyl (C=S) groups is 1. The van der Waals surface area contributed by atoms with Crippen molar-refractivity contribution in [2.24, 2.45) is 0 Å². The Morgan fingerprint density at radius 1 is 0.881 bits per heavy atom. The predicted molar refractivity (Wildman–Crippen MR) is 175 cm³/mol. The quantitative estimate of drug-likeness (QED) is 0.125. The fourth-order valence-electron chi connectivity index (χ4n) is 4.63. The number of amides is 1. The molecule has 1 aliphatic heterocycles. The van der Waals surface area contributed by atoms with E-state index >= 15 is 0 Å². The van der Waals surface area contributed by atoms with Gasteiger partial charge in [0.1, 0.15) is 22.4 Å². The number of thioether (sulfide) groups is 1. The first-order valence-electron chi connectivity index (χ1n) is 13.5. The van der Waals surface area contributed by atoms with Gasteiger partial charge < -0.3 is 4.74 Å². The molecule has 42 heavy (non-hydrogen) atoms. The van der Waals surface area contributed by atoms with Crippen LogP contribution in [0.4, 0.5) is 0 Å². The van der Waals surface area contributed by atoms with Crippen LogP contribution in [0.3, 0.4) is 0 Å². The number of benzene rings is 4. The molecule has 5 nitrogen and oxygen atoms in total. The minimum atomic E-state index is -0.0839. The van der Waals surface area contributed by atoms with E-state index in [1.54, 1.807) is 4.90 Å². The van der Waals surface area contributed by atoms with Gasteiger partial charge in [-0.15, -0.1) is 0 Å². The number of hydrogen-bond donors (Lipinski definition) is 0. The van der Waals surface area contributed by atoms with Gasteiger partial charge in [0.15, 0.2) is 0 Å². The van der Waals surface area contributed by atoms with E-state index in [2.05, 4.69) is 12.1 Å². The first-order valence-corrected chi connectivity index (χ1v) is 15.1. The van der Waals surface area contributed by atoms with Gasteiger partial charge in [0, 0.05) is 28.9 Å². The van der Waals surface area contributed by atoms with Gasteiger partial charge in [-0.1, -0.05) is 108 Å². The monoisotopic (exact) mass is 607 g/mol. The summed E-state index contributed by atoms with van der Waals surface area (Å²) in [5.74, 6) is 0.634. The molecule has 1 saturated heterocycles. The molecule has 0 aliphatic carbocycles. The van der Waals surface area contributed by atoms with Crippen LogP contribution in [0.15, 0.2) is 120 Å². The lowest BCUT2D eigenvalue weighted by molar-refractivity contribution is -0.122. The Hall–Kier alpha value is -4.17. The molecule has 1 amide bonds. The van der Waals surface area contributed by atoms with Gasteiger partial charge in [-0.25, -0.2) is 4.68 Å². The van der Waals surface area contributed by atoms with Gasteiger partial charge in [-0.3, -0.25) is 9.69 Å². The molecule has 5 aromatic rings. The van der Waals surface area contributed by atoms with Crippen LogP contribution >= 0.6 is 35.6 Å². The molecule has 0 bridgehead atoms. The third kappa shape index (κ3) is 6.49. The van der Waals surface area contributed by atoms with E-state index in [0.29, 0.717) is 27.4 Å². The molecule has 4 aromatic carbocycles. The summed E-state index contributed by atoms with van der Waals surface area (Å²) in [5.41, 5.74) is 5.55. The van der Waals surface area contributed by atoms with Crippen molar-refractivity contribution < 1.29 is 9.53 Å². The van der Waals surface area contributed by atoms with Crippen LogP contribution in [0.1, 0.15) is 16.7 Å². The Morgan fingerprint density at radius 2 is 1.62 bits per heavy atom. The van der Waals surface area contributed by atoms with Crippen LogP contribution in [0.2, 0.25) is 5.02 Å². The van der Waals surface area contributed by atoms with E-state index in [-0.39, 0.29) is 5.91 Å². The number of carbonyl (C=O) groups is 1. The summed E-state index contributed by atoms with van der Waals surface area (Å²) in [4.78, 5) is 15.7. The van der Waals surface area contributed by atoms with Crippen LogP contribution in [0.25, 0.3) is 23.0 Å². The summed E-state index contributed by atoms with van der Waals surface area (Å²) in [5, 5.41) is 5.63. The predicted octanol–water partition coefficient (Wildman–Crippen LogP) is 8.22.